The van der Waals surface area contributed by atoms with Crippen LogP contribution >= 0.6 is 0 Å². The number of non-ortho nitro benzene ring substituents is 1. The molecule has 22 heavy (non-hydrogen) atoms. The lowest BCUT2D eigenvalue weighted by Crippen LogP contribution is -2.05. The number of nitro groups is 1. The lowest BCUT2D eigenvalue weighted by atomic mass is 10.2. The molecule has 0 atom stereocenters. The van der Waals surface area contributed by atoms with E-state index in [1.807, 2.05) is 0 Å². The average Bonchev–Trinajstić information content (AvgIpc) is 2.53. The van der Waals surface area contributed by atoms with Crippen LogP contribution in [-0.2, 0) is 16.4 Å². The van der Waals surface area contributed by atoms with E-state index in [4.69, 9.17) is 0 Å². The van der Waals surface area contributed by atoms with E-state index in [9.17, 15) is 18.5 Å². The summed E-state index contributed by atoms with van der Waals surface area (Å²) in [5.41, 5.74) is 1.43. The zero-order valence-electron chi connectivity index (χ0n) is 12.0. The molecule has 2 aromatic rings. The molecule has 0 aliphatic rings. The molecular formula is C15H16N2O4S. The zero-order valence-corrected chi connectivity index (χ0v) is 12.8. The highest BCUT2D eigenvalue weighted by atomic mass is 32.2. The summed E-state index contributed by atoms with van der Waals surface area (Å²) in [5.74, 6) is 0.0430. The molecule has 6 nitrogen and oxygen atoms in total. The van der Waals surface area contributed by atoms with Gasteiger partial charge in [0.1, 0.15) is 0 Å². The summed E-state index contributed by atoms with van der Waals surface area (Å²) < 4.78 is 23.7. The number of rotatable bonds is 6. The fraction of sp³-hybridized carbons (Fsp3) is 0.200. The SMILES string of the molecule is CCS(=O)(=O)c1cccc(NCc2cccc([N+](=O)[O-])c2)c1. The maximum Gasteiger partial charge on any atom is 0.269 e. The number of hydrogen-bond acceptors (Lipinski definition) is 5. The van der Waals surface area contributed by atoms with Gasteiger partial charge >= 0.3 is 0 Å². The smallest absolute Gasteiger partial charge is 0.269 e. The van der Waals surface area contributed by atoms with E-state index in [1.54, 1.807) is 43.3 Å². The topological polar surface area (TPSA) is 89.3 Å². The Morgan fingerprint density at radius 3 is 2.55 bits per heavy atom. The molecule has 0 spiro atoms. The van der Waals surface area contributed by atoms with Gasteiger partial charge in [-0.1, -0.05) is 25.1 Å². The van der Waals surface area contributed by atoms with Crippen molar-refractivity contribution >= 4 is 21.2 Å². The first-order chi connectivity index (χ1) is 10.4. The van der Waals surface area contributed by atoms with Crippen molar-refractivity contribution < 1.29 is 13.3 Å². The monoisotopic (exact) mass is 320 g/mol. The second-order valence-corrected chi connectivity index (χ2v) is 6.99. The Hall–Kier alpha value is -2.41. The Morgan fingerprint density at radius 1 is 1.14 bits per heavy atom. The Morgan fingerprint density at radius 2 is 1.86 bits per heavy atom. The van der Waals surface area contributed by atoms with Gasteiger partial charge in [0.15, 0.2) is 9.84 Å². The van der Waals surface area contributed by atoms with Crippen molar-refractivity contribution in [2.45, 2.75) is 18.4 Å². The number of nitro benzene ring substituents is 1. The minimum Gasteiger partial charge on any atom is -0.381 e. The summed E-state index contributed by atoms with van der Waals surface area (Å²) in [7, 11) is -3.25. The van der Waals surface area contributed by atoms with Crippen LogP contribution < -0.4 is 5.32 Å². The highest BCUT2D eigenvalue weighted by Crippen LogP contribution is 2.18. The van der Waals surface area contributed by atoms with Crippen molar-refractivity contribution in [2.75, 3.05) is 11.1 Å². The Balaban J connectivity index is 2.14. The predicted molar refractivity (Wildman–Crippen MR) is 84.6 cm³/mol. The van der Waals surface area contributed by atoms with E-state index < -0.39 is 14.8 Å². The van der Waals surface area contributed by atoms with Gasteiger partial charge in [-0.25, -0.2) is 8.42 Å². The maximum absolute atomic E-state index is 11.8. The van der Waals surface area contributed by atoms with Gasteiger partial charge in [0.2, 0.25) is 0 Å². The van der Waals surface area contributed by atoms with E-state index in [0.717, 1.165) is 5.56 Å². The van der Waals surface area contributed by atoms with Gasteiger partial charge in [0, 0.05) is 24.4 Å². The summed E-state index contributed by atoms with van der Waals surface area (Å²) in [6.45, 7) is 1.97. The molecule has 0 saturated heterocycles. The number of hydrogen-bond donors (Lipinski definition) is 1. The minimum atomic E-state index is -3.25. The molecular weight excluding hydrogens is 304 g/mol. The molecule has 1 N–H and O–H groups in total. The van der Waals surface area contributed by atoms with E-state index in [-0.39, 0.29) is 16.3 Å². The number of nitrogens with one attached hydrogen (secondary N) is 1. The summed E-state index contributed by atoms with van der Waals surface area (Å²) in [5, 5.41) is 13.8. The highest BCUT2D eigenvalue weighted by Gasteiger charge is 2.11. The van der Waals surface area contributed by atoms with Gasteiger partial charge in [-0.3, -0.25) is 10.1 Å². The highest BCUT2D eigenvalue weighted by molar-refractivity contribution is 7.91. The summed E-state index contributed by atoms with van der Waals surface area (Å²) in [6, 6.07) is 12.8. The number of nitrogens with zero attached hydrogens (tertiary/aromatic N) is 1. The van der Waals surface area contributed by atoms with Crippen molar-refractivity contribution in [1.82, 2.24) is 0 Å². The van der Waals surface area contributed by atoms with E-state index in [0.29, 0.717) is 12.2 Å². The average molecular weight is 320 g/mol. The second-order valence-electron chi connectivity index (χ2n) is 4.71. The molecule has 0 unspecified atom stereocenters. The Bertz CT molecular complexity index is 788. The molecule has 7 heteroatoms. The molecule has 0 radical (unpaired) electrons. The summed E-state index contributed by atoms with van der Waals surface area (Å²) in [4.78, 5) is 10.6. The fourth-order valence-electron chi connectivity index (χ4n) is 1.95. The van der Waals surface area contributed by atoms with Gasteiger partial charge in [0.05, 0.1) is 15.6 Å². The molecule has 0 heterocycles. The third-order valence-electron chi connectivity index (χ3n) is 3.19. The molecule has 2 rings (SSSR count). The molecule has 0 fully saturated rings. The van der Waals surface area contributed by atoms with Crippen molar-refractivity contribution in [3.8, 4) is 0 Å². The van der Waals surface area contributed by atoms with Crippen LogP contribution in [0.1, 0.15) is 12.5 Å². The largest absolute Gasteiger partial charge is 0.381 e. The van der Waals surface area contributed by atoms with Gasteiger partial charge < -0.3 is 5.32 Å². The summed E-state index contributed by atoms with van der Waals surface area (Å²) in [6.07, 6.45) is 0. The molecule has 0 bridgehead atoms. The van der Waals surface area contributed by atoms with Crippen LogP contribution in [-0.4, -0.2) is 19.1 Å². The third-order valence-corrected chi connectivity index (χ3v) is 4.92. The molecule has 0 aromatic heterocycles. The van der Waals surface area contributed by atoms with E-state index in [2.05, 4.69) is 5.32 Å². The maximum atomic E-state index is 11.8. The Labute approximate surface area is 128 Å². The molecule has 0 amide bonds. The van der Waals surface area contributed by atoms with Crippen LogP contribution in [0.3, 0.4) is 0 Å². The lowest BCUT2D eigenvalue weighted by molar-refractivity contribution is -0.384. The standard InChI is InChI=1S/C15H16N2O4S/c1-2-22(20,21)15-8-4-6-13(10-15)16-11-12-5-3-7-14(9-12)17(18)19/h3-10,16H,2,11H2,1H3. The normalized spacial score (nSPS) is 11.1. The molecule has 0 aliphatic carbocycles. The van der Waals surface area contributed by atoms with Crippen molar-refractivity contribution in [3.63, 3.8) is 0 Å². The van der Waals surface area contributed by atoms with Crippen LogP contribution in [0, 0.1) is 10.1 Å². The van der Waals surface area contributed by atoms with Gasteiger partial charge in [-0.05, 0) is 23.8 Å². The third kappa shape index (κ3) is 3.82. The van der Waals surface area contributed by atoms with Crippen LogP contribution in [0.15, 0.2) is 53.4 Å². The van der Waals surface area contributed by atoms with Crippen molar-refractivity contribution in [2.24, 2.45) is 0 Å². The van der Waals surface area contributed by atoms with E-state index >= 15 is 0 Å². The fourth-order valence-corrected chi connectivity index (χ4v) is 2.88. The lowest BCUT2D eigenvalue weighted by Gasteiger charge is -2.08. The minimum absolute atomic E-state index is 0.0293. The van der Waals surface area contributed by atoms with E-state index in [1.165, 1.54) is 12.1 Å². The zero-order chi connectivity index (χ0) is 16.2. The van der Waals surface area contributed by atoms with Crippen LogP contribution in [0.25, 0.3) is 0 Å². The second kappa shape index (κ2) is 6.57. The number of benzene rings is 2. The van der Waals surface area contributed by atoms with Gasteiger partial charge in [-0.2, -0.15) is 0 Å². The summed E-state index contributed by atoms with van der Waals surface area (Å²) >= 11 is 0. The quantitative estimate of drug-likeness (QED) is 0.653. The van der Waals surface area contributed by atoms with Crippen LogP contribution in [0.5, 0.6) is 0 Å². The predicted octanol–water partition coefficient (Wildman–Crippen LogP) is 3.00. The van der Waals surface area contributed by atoms with Gasteiger partial charge in [0.25, 0.3) is 5.69 Å². The van der Waals surface area contributed by atoms with Gasteiger partial charge in [-0.15, -0.1) is 0 Å². The van der Waals surface area contributed by atoms with Crippen molar-refractivity contribution in [3.05, 3.63) is 64.2 Å². The number of sulfone groups is 1. The first-order valence-corrected chi connectivity index (χ1v) is 8.37. The van der Waals surface area contributed by atoms with Crippen LogP contribution in [0.4, 0.5) is 11.4 Å². The molecule has 2 aromatic carbocycles. The van der Waals surface area contributed by atoms with Crippen molar-refractivity contribution in [1.29, 1.82) is 0 Å². The molecule has 0 aliphatic heterocycles. The van der Waals surface area contributed by atoms with Crippen LogP contribution in [0.2, 0.25) is 0 Å². The first-order valence-electron chi connectivity index (χ1n) is 6.72. The molecule has 116 valence electrons. The Kier molecular flexibility index (Phi) is 4.77. The number of anilines is 1. The molecule has 0 saturated carbocycles. The first kappa shape index (κ1) is 16.0.